The average molecular weight is 321 g/mol. The van der Waals surface area contributed by atoms with Crippen LogP contribution in [0.25, 0.3) is 11.0 Å². The second kappa shape index (κ2) is 6.13. The van der Waals surface area contributed by atoms with Gasteiger partial charge in [-0.05, 0) is 25.8 Å². The first-order valence-electron chi connectivity index (χ1n) is 7.24. The molecule has 3 heterocycles. The minimum Gasteiger partial charge on any atom is -0.351 e. The number of anilines is 1. The van der Waals surface area contributed by atoms with E-state index in [1.54, 1.807) is 25.4 Å². The topological polar surface area (TPSA) is 91.0 Å². The molecule has 1 saturated heterocycles. The third kappa shape index (κ3) is 3.17. The Morgan fingerprint density at radius 2 is 2.14 bits per heavy atom. The van der Waals surface area contributed by atoms with Crippen LogP contribution in [0, 0.1) is 6.92 Å². The molecule has 0 saturated carbocycles. The van der Waals surface area contributed by atoms with Gasteiger partial charge in [0, 0.05) is 42.5 Å². The molecule has 118 valence electrons. The van der Waals surface area contributed by atoms with E-state index in [1.165, 1.54) is 0 Å². The minimum absolute atomic E-state index is 0.129. The highest BCUT2D eigenvalue weighted by Gasteiger charge is 2.21. The van der Waals surface area contributed by atoms with E-state index in [-0.39, 0.29) is 11.6 Å². The number of rotatable bonds is 3. The van der Waals surface area contributed by atoms with Crippen LogP contribution in [-0.4, -0.2) is 48.9 Å². The molecule has 0 bridgehead atoms. The summed E-state index contributed by atoms with van der Waals surface area (Å²) in [4.78, 5) is 23.1. The van der Waals surface area contributed by atoms with Crippen LogP contribution >= 0.6 is 0 Å². The van der Waals surface area contributed by atoms with Crippen molar-refractivity contribution in [1.29, 1.82) is 0 Å². The molecule has 0 spiro atoms. The predicted molar refractivity (Wildman–Crippen MR) is 87.2 cm³/mol. The van der Waals surface area contributed by atoms with E-state index < -0.39 is 11.0 Å². The molecule has 1 atom stereocenters. The number of aromatic nitrogens is 3. The molecule has 2 N–H and O–H groups in total. The van der Waals surface area contributed by atoms with Crippen molar-refractivity contribution in [3.63, 3.8) is 0 Å². The Labute approximate surface area is 130 Å². The number of nitrogens with zero attached hydrogens (tertiary/aromatic N) is 3. The largest absolute Gasteiger partial charge is 0.351 e. The molecule has 0 aliphatic carbocycles. The lowest BCUT2D eigenvalue weighted by Gasteiger charge is -2.30. The highest BCUT2D eigenvalue weighted by molar-refractivity contribution is 7.81. The van der Waals surface area contributed by atoms with Crippen LogP contribution in [0.5, 0.6) is 0 Å². The second-order valence-electron chi connectivity index (χ2n) is 5.55. The first kappa shape index (κ1) is 15.1. The molecule has 3 rings (SSSR count). The molecule has 1 fully saturated rings. The molecule has 7 nitrogen and oxygen atoms in total. The molecular formula is C14H19N5O2S. The van der Waals surface area contributed by atoms with Crippen molar-refractivity contribution in [3.05, 3.63) is 28.2 Å². The normalized spacial score (nSPS) is 18.5. The van der Waals surface area contributed by atoms with Gasteiger partial charge in [0.25, 0.3) is 5.56 Å². The third-order valence-electron chi connectivity index (χ3n) is 3.93. The van der Waals surface area contributed by atoms with Crippen LogP contribution in [0.3, 0.4) is 0 Å². The monoisotopic (exact) mass is 321 g/mol. The lowest BCUT2D eigenvalue weighted by atomic mass is 10.1. The number of aryl methyl sites for hydroxylation is 1. The highest BCUT2D eigenvalue weighted by Crippen LogP contribution is 2.16. The predicted octanol–water partition coefficient (Wildman–Crippen LogP) is 0.796. The Hall–Kier alpha value is -1.80. The van der Waals surface area contributed by atoms with Crippen LogP contribution in [0.1, 0.15) is 18.4 Å². The molecule has 8 heteroatoms. The zero-order valence-electron chi connectivity index (χ0n) is 12.6. The van der Waals surface area contributed by atoms with Gasteiger partial charge < -0.3 is 10.3 Å². The molecule has 2 aromatic rings. The summed E-state index contributed by atoms with van der Waals surface area (Å²) in [5, 5.41) is 4.12. The Bertz CT molecular complexity index is 767. The molecular weight excluding hydrogens is 302 g/mol. The lowest BCUT2D eigenvalue weighted by Crippen LogP contribution is -2.39. The number of aromatic amines is 1. The summed E-state index contributed by atoms with van der Waals surface area (Å²) >= 11 is 0. The van der Waals surface area contributed by atoms with Gasteiger partial charge in [0.1, 0.15) is 5.65 Å². The zero-order valence-corrected chi connectivity index (χ0v) is 13.4. The van der Waals surface area contributed by atoms with E-state index in [1.807, 2.05) is 4.31 Å². The number of pyridine rings is 1. The molecule has 0 radical (unpaired) electrons. The Balaban J connectivity index is 1.73. The van der Waals surface area contributed by atoms with Crippen LogP contribution < -0.4 is 10.9 Å². The molecule has 1 aliphatic heterocycles. The SMILES string of the molecule is Cc1cc2cnc(NC3CCN(S(C)=O)CC3)nc2[nH]c1=O. The molecule has 1 aliphatic rings. The van der Waals surface area contributed by atoms with Gasteiger partial charge in [0.2, 0.25) is 5.95 Å². The zero-order chi connectivity index (χ0) is 15.7. The van der Waals surface area contributed by atoms with Gasteiger partial charge in [-0.3, -0.25) is 4.79 Å². The van der Waals surface area contributed by atoms with Crippen molar-refractivity contribution in [2.75, 3.05) is 24.7 Å². The fourth-order valence-electron chi connectivity index (χ4n) is 2.61. The van der Waals surface area contributed by atoms with Crippen molar-refractivity contribution < 1.29 is 4.21 Å². The maximum atomic E-state index is 11.7. The van der Waals surface area contributed by atoms with E-state index in [0.717, 1.165) is 31.3 Å². The maximum Gasteiger partial charge on any atom is 0.252 e. The first-order valence-corrected chi connectivity index (χ1v) is 8.76. The molecule has 0 amide bonds. The lowest BCUT2D eigenvalue weighted by molar-refractivity contribution is 0.346. The summed E-state index contributed by atoms with van der Waals surface area (Å²) in [6.07, 6.45) is 5.21. The Kier molecular flexibility index (Phi) is 4.21. The Morgan fingerprint density at radius 1 is 1.41 bits per heavy atom. The van der Waals surface area contributed by atoms with Gasteiger partial charge in [0.15, 0.2) is 0 Å². The summed E-state index contributed by atoms with van der Waals surface area (Å²) in [6, 6.07) is 2.04. The van der Waals surface area contributed by atoms with E-state index in [0.29, 0.717) is 17.2 Å². The molecule has 22 heavy (non-hydrogen) atoms. The number of nitrogens with one attached hydrogen (secondary N) is 2. The quantitative estimate of drug-likeness (QED) is 0.872. The number of hydrogen-bond donors (Lipinski definition) is 2. The minimum atomic E-state index is -0.902. The summed E-state index contributed by atoms with van der Waals surface area (Å²) in [6.45, 7) is 3.35. The molecule has 0 aromatic carbocycles. The second-order valence-corrected chi connectivity index (χ2v) is 6.91. The van der Waals surface area contributed by atoms with Crippen LogP contribution in [0.2, 0.25) is 0 Å². The fourth-order valence-corrected chi connectivity index (χ4v) is 3.34. The maximum absolute atomic E-state index is 11.7. The standard InChI is InChI=1S/C14H19N5O2S/c1-9-7-10-8-15-14(18-12(10)17-13(9)20)16-11-3-5-19(6-4-11)22(2)21/h7-8,11H,3-6H2,1-2H3,(H2,15,16,17,18,20). The van der Waals surface area contributed by atoms with Crippen molar-refractivity contribution in [3.8, 4) is 0 Å². The summed E-state index contributed by atoms with van der Waals surface area (Å²) < 4.78 is 13.4. The van der Waals surface area contributed by atoms with Crippen LogP contribution in [0.4, 0.5) is 5.95 Å². The average Bonchev–Trinajstić information content (AvgIpc) is 2.49. The van der Waals surface area contributed by atoms with Gasteiger partial charge in [-0.15, -0.1) is 0 Å². The van der Waals surface area contributed by atoms with E-state index in [2.05, 4.69) is 20.3 Å². The summed E-state index contributed by atoms with van der Waals surface area (Å²) in [7, 11) is -0.902. The highest BCUT2D eigenvalue weighted by atomic mass is 32.2. The van der Waals surface area contributed by atoms with Gasteiger partial charge in [0.05, 0.1) is 11.0 Å². The summed E-state index contributed by atoms with van der Waals surface area (Å²) in [5.41, 5.74) is 1.06. The van der Waals surface area contributed by atoms with E-state index in [4.69, 9.17) is 0 Å². The van der Waals surface area contributed by atoms with E-state index in [9.17, 15) is 9.00 Å². The van der Waals surface area contributed by atoms with Crippen molar-refractivity contribution in [2.45, 2.75) is 25.8 Å². The third-order valence-corrected chi connectivity index (χ3v) is 5.02. The van der Waals surface area contributed by atoms with Gasteiger partial charge in [-0.1, -0.05) is 0 Å². The number of hydrogen-bond acceptors (Lipinski definition) is 5. The molecule has 1 unspecified atom stereocenters. The van der Waals surface area contributed by atoms with Crippen molar-refractivity contribution in [1.82, 2.24) is 19.3 Å². The first-order chi connectivity index (χ1) is 10.5. The number of piperidine rings is 1. The van der Waals surface area contributed by atoms with Crippen molar-refractivity contribution >= 4 is 28.0 Å². The van der Waals surface area contributed by atoms with Crippen LogP contribution in [-0.2, 0) is 11.0 Å². The van der Waals surface area contributed by atoms with Gasteiger partial charge >= 0.3 is 0 Å². The molecule has 2 aromatic heterocycles. The smallest absolute Gasteiger partial charge is 0.252 e. The summed E-state index contributed by atoms with van der Waals surface area (Å²) in [5.74, 6) is 0.517. The van der Waals surface area contributed by atoms with Gasteiger partial charge in [-0.2, -0.15) is 4.98 Å². The number of fused-ring (bicyclic) bond motifs is 1. The van der Waals surface area contributed by atoms with E-state index >= 15 is 0 Å². The van der Waals surface area contributed by atoms with Crippen molar-refractivity contribution in [2.24, 2.45) is 0 Å². The van der Waals surface area contributed by atoms with Gasteiger partial charge in [-0.25, -0.2) is 13.5 Å². The van der Waals surface area contributed by atoms with Crippen LogP contribution in [0.15, 0.2) is 17.1 Å². The Morgan fingerprint density at radius 3 is 2.82 bits per heavy atom. The number of H-pyrrole nitrogens is 1. The fraction of sp³-hybridized carbons (Fsp3) is 0.500.